The fourth-order valence-electron chi connectivity index (χ4n) is 10.8. The van der Waals surface area contributed by atoms with E-state index in [9.17, 15) is 9.90 Å². The average Bonchev–Trinajstić information content (AvgIpc) is 3.90. The number of rotatable bonds is 4. The van der Waals surface area contributed by atoms with Gasteiger partial charge in [0.15, 0.2) is 0 Å². The van der Waals surface area contributed by atoms with Crippen molar-refractivity contribution in [1.82, 2.24) is 0 Å². The standard InChI is InChI=1S/C41H63NO11/c1-21-14-27-7-9-30-22(2)15-26(48-30)6-5-12-46-39-38-31(52-40-37-32(11-13-47-37)53-41(39)40)10-8-28(50-38)16-24(43)17-29-34(19-33(49-27)23(21)3)51-35(36(29)45-4)18-25(44)20-42/h21,25-41,44H,2-3,5-20,42H2,1,4H3/t21-,25+,26+,27+,28-,29+,30?,31+,32-,33?,34+,35?,36-,37+,38+,39+,40+,41+/m1/s1. The number of fused-ring (bicyclic) bond motifs is 10. The lowest BCUT2D eigenvalue weighted by molar-refractivity contribution is -0.271. The lowest BCUT2D eigenvalue weighted by Crippen LogP contribution is -2.62. The van der Waals surface area contributed by atoms with Gasteiger partial charge in [0.2, 0.25) is 0 Å². The smallest absolute Gasteiger partial charge is 0.135 e. The fourth-order valence-corrected chi connectivity index (χ4v) is 10.8. The number of ketones is 1. The van der Waals surface area contributed by atoms with E-state index in [4.69, 9.17) is 48.4 Å². The first kappa shape index (κ1) is 38.6. The van der Waals surface area contributed by atoms with Gasteiger partial charge in [-0.25, -0.2) is 0 Å². The van der Waals surface area contributed by atoms with Crippen LogP contribution in [-0.2, 0) is 47.4 Å². The summed E-state index contributed by atoms with van der Waals surface area (Å²) in [6, 6.07) is 0. The number of hydrogen-bond acceptors (Lipinski definition) is 12. The molecule has 0 aromatic rings. The van der Waals surface area contributed by atoms with Gasteiger partial charge < -0.3 is 53.5 Å². The summed E-state index contributed by atoms with van der Waals surface area (Å²) in [5.41, 5.74) is 8.04. The number of hydrogen-bond donors (Lipinski definition) is 2. The Bertz CT molecular complexity index is 1310. The molecule has 6 bridgehead atoms. The monoisotopic (exact) mass is 745 g/mol. The first-order chi connectivity index (χ1) is 25.7. The van der Waals surface area contributed by atoms with E-state index in [0.717, 1.165) is 68.9 Å². The summed E-state index contributed by atoms with van der Waals surface area (Å²) in [5, 5.41) is 10.5. The van der Waals surface area contributed by atoms with Crippen LogP contribution in [0.1, 0.15) is 90.4 Å². The maximum Gasteiger partial charge on any atom is 0.135 e. The van der Waals surface area contributed by atoms with Crippen LogP contribution in [0.5, 0.6) is 0 Å². The van der Waals surface area contributed by atoms with Crippen molar-refractivity contribution in [2.75, 3.05) is 26.9 Å². The Morgan fingerprint density at radius 1 is 0.755 bits per heavy atom. The highest BCUT2D eigenvalue weighted by molar-refractivity contribution is 5.79. The summed E-state index contributed by atoms with van der Waals surface area (Å²) < 4.78 is 59.0. The second-order valence-corrected chi connectivity index (χ2v) is 17.2. The van der Waals surface area contributed by atoms with E-state index in [1.807, 2.05) is 0 Å². The highest BCUT2D eigenvalue weighted by Crippen LogP contribution is 2.45. The maximum atomic E-state index is 14.1. The Labute approximate surface area is 314 Å². The van der Waals surface area contributed by atoms with E-state index in [1.54, 1.807) is 7.11 Å². The van der Waals surface area contributed by atoms with Crippen LogP contribution in [0.15, 0.2) is 24.3 Å². The third kappa shape index (κ3) is 8.12. The van der Waals surface area contributed by atoms with Crippen LogP contribution in [0.4, 0.5) is 0 Å². The van der Waals surface area contributed by atoms with Crippen LogP contribution < -0.4 is 5.73 Å². The van der Waals surface area contributed by atoms with E-state index in [0.29, 0.717) is 26.1 Å². The lowest BCUT2D eigenvalue weighted by Gasteiger charge is -2.48. The highest BCUT2D eigenvalue weighted by atomic mass is 16.7. The van der Waals surface area contributed by atoms with E-state index in [-0.39, 0.29) is 122 Å². The summed E-state index contributed by atoms with van der Waals surface area (Å²) in [6.07, 6.45) is 5.60. The van der Waals surface area contributed by atoms with Crippen LogP contribution in [0.25, 0.3) is 0 Å². The summed E-state index contributed by atoms with van der Waals surface area (Å²) in [6.45, 7) is 12.5. The number of aliphatic hydroxyl groups is 1. The molecule has 8 aliphatic rings. The number of aliphatic hydroxyl groups excluding tert-OH is 1. The molecule has 0 radical (unpaired) electrons. The van der Waals surface area contributed by atoms with Crippen LogP contribution in [0.3, 0.4) is 0 Å². The molecule has 0 aromatic heterocycles. The molecule has 8 rings (SSSR count). The number of nitrogens with two attached hydrogens (primary N) is 1. The highest BCUT2D eigenvalue weighted by Gasteiger charge is 2.60. The molecule has 53 heavy (non-hydrogen) atoms. The van der Waals surface area contributed by atoms with Crippen molar-refractivity contribution in [3.63, 3.8) is 0 Å². The van der Waals surface area contributed by atoms with Gasteiger partial charge in [0.1, 0.15) is 36.3 Å². The van der Waals surface area contributed by atoms with Gasteiger partial charge in [-0.15, -0.1) is 0 Å². The van der Waals surface area contributed by atoms with Gasteiger partial charge in [-0.2, -0.15) is 0 Å². The molecule has 0 aromatic carbocycles. The minimum absolute atomic E-state index is 0.00529. The summed E-state index contributed by atoms with van der Waals surface area (Å²) in [7, 11) is 1.66. The third-order valence-corrected chi connectivity index (χ3v) is 13.6. The number of methoxy groups -OCH3 is 1. The zero-order chi connectivity index (χ0) is 36.8. The van der Waals surface area contributed by atoms with Gasteiger partial charge in [0.05, 0.1) is 67.1 Å². The topological polar surface area (TPSA) is 146 Å². The maximum absolute atomic E-state index is 14.1. The molecular formula is C41H63NO11. The molecule has 0 amide bonds. The normalized spacial score (nSPS) is 48.7. The summed E-state index contributed by atoms with van der Waals surface area (Å²) in [4.78, 5) is 14.1. The fraction of sp³-hybridized carbons (Fsp3) is 0.878. The molecule has 12 nitrogen and oxygen atoms in total. The van der Waals surface area contributed by atoms with E-state index in [2.05, 4.69) is 20.1 Å². The van der Waals surface area contributed by atoms with Crippen LogP contribution in [-0.4, -0.2) is 135 Å². The molecule has 0 saturated carbocycles. The molecule has 3 unspecified atom stereocenters. The van der Waals surface area contributed by atoms with Gasteiger partial charge in [-0.05, 0) is 74.9 Å². The molecule has 18 atom stereocenters. The Kier molecular flexibility index (Phi) is 12.1. The predicted octanol–water partition coefficient (Wildman–Crippen LogP) is 3.73. The SMILES string of the molecule is C=C1C[C@@H]2CCCO[C@@H]3[C@@H]4O[C@@H]5CCO[C@@H]5[C@@H]4O[C@H]4CC[C@H](CC(=O)C[C@H]5[C@H](CC6O[C@@H](CCC1O2)C[C@@H](C)C6=C)OC(C[C@H](O)CN)[C@@H]5OC)O[C@H]34. The van der Waals surface area contributed by atoms with Crippen molar-refractivity contribution in [3.05, 3.63) is 24.3 Å². The van der Waals surface area contributed by atoms with Gasteiger partial charge >= 0.3 is 0 Å². The molecule has 298 valence electrons. The zero-order valence-electron chi connectivity index (χ0n) is 31.7. The van der Waals surface area contributed by atoms with Gasteiger partial charge in [-0.1, -0.05) is 20.1 Å². The average molecular weight is 746 g/mol. The zero-order valence-corrected chi connectivity index (χ0v) is 31.7. The molecule has 8 heterocycles. The van der Waals surface area contributed by atoms with Crippen LogP contribution in [0, 0.1) is 11.8 Å². The Morgan fingerprint density at radius 3 is 2.30 bits per heavy atom. The lowest BCUT2D eigenvalue weighted by atomic mass is 9.81. The minimum Gasteiger partial charge on any atom is -0.392 e. The number of carbonyl (C=O) groups excluding carboxylic acids is 1. The van der Waals surface area contributed by atoms with Crippen molar-refractivity contribution in [1.29, 1.82) is 0 Å². The molecule has 8 fully saturated rings. The van der Waals surface area contributed by atoms with Crippen molar-refractivity contribution in [3.8, 4) is 0 Å². The minimum atomic E-state index is -0.729. The molecule has 3 N–H and O–H groups in total. The van der Waals surface area contributed by atoms with Gasteiger partial charge in [0, 0.05) is 58.5 Å². The second-order valence-electron chi connectivity index (χ2n) is 17.2. The number of Topliss-reactive ketones (excluding diaryl/α,β-unsaturated/α-hetero) is 1. The first-order valence-electron chi connectivity index (χ1n) is 20.6. The summed E-state index contributed by atoms with van der Waals surface area (Å²) in [5.74, 6) is 0.169. The van der Waals surface area contributed by atoms with Crippen LogP contribution >= 0.6 is 0 Å². The van der Waals surface area contributed by atoms with Crippen LogP contribution in [0.2, 0.25) is 0 Å². The van der Waals surface area contributed by atoms with Crippen molar-refractivity contribution in [2.45, 2.75) is 188 Å². The van der Waals surface area contributed by atoms with Gasteiger partial charge in [-0.3, -0.25) is 4.79 Å². The molecule has 0 spiro atoms. The largest absolute Gasteiger partial charge is 0.392 e. The Hall–Kier alpha value is -1.29. The molecular weight excluding hydrogens is 682 g/mol. The van der Waals surface area contributed by atoms with Crippen molar-refractivity contribution in [2.24, 2.45) is 17.6 Å². The predicted molar refractivity (Wildman–Crippen MR) is 193 cm³/mol. The molecule has 12 heteroatoms. The second kappa shape index (κ2) is 16.7. The Morgan fingerprint density at radius 2 is 1.49 bits per heavy atom. The Balaban J connectivity index is 1.03. The van der Waals surface area contributed by atoms with Crippen molar-refractivity contribution < 1.29 is 52.5 Å². The summed E-state index contributed by atoms with van der Waals surface area (Å²) >= 11 is 0. The number of carbonyl (C=O) groups is 1. The third-order valence-electron chi connectivity index (χ3n) is 13.6. The van der Waals surface area contributed by atoms with E-state index < -0.39 is 12.2 Å². The van der Waals surface area contributed by atoms with E-state index >= 15 is 0 Å². The number of ether oxygens (including phenoxy) is 9. The first-order valence-corrected chi connectivity index (χ1v) is 20.6. The van der Waals surface area contributed by atoms with Crippen molar-refractivity contribution >= 4 is 5.78 Å². The quantitative estimate of drug-likeness (QED) is 0.405. The molecule has 8 saturated heterocycles. The molecule has 0 aliphatic carbocycles. The van der Waals surface area contributed by atoms with Gasteiger partial charge in [0.25, 0.3) is 0 Å². The molecule has 8 aliphatic heterocycles. The van der Waals surface area contributed by atoms with E-state index in [1.165, 1.54) is 0 Å².